The van der Waals surface area contributed by atoms with Crippen LogP contribution in [0.2, 0.25) is 0 Å². The van der Waals surface area contributed by atoms with Gasteiger partial charge in [0.25, 0.3) is 0 Å². The number of anilines is 2. The minimum absolute atomic E-state index is 0.0578. The largest absolute Gasteiger partial charge is 0.416 e. The van der Waals surface area contributed by atoms with Gasteiger partial charge in [-0.25, -0.2) is 4.98 Å². The Balaban J connectivity index is 1.72. The molecule has 1 aromatic heterocycles. The number of aryl methyl sites for hydroxylation is 1. The molecule has 6 nitrogen and oxygen atoms in total. The van der Waals surface area contributed by atoms with Gasteiger partial charge in [-0.2, -0.15) is 26.3 Å². The number of nitrogens with zero attached hydrogens (tertiary/aromatic N) is 4. The molecule has 0 aliphatic carbocycles. The Kier molecular flexibility index (Phi) is 9.65. The summed E-state index contributed by atoms with van der Waals surface area (Å²) in [6, 6.07) is 10.6. The molecule has 1 aliphatic heterocycles. The van der Waals surface area contributed by atoms with E-state index in [1.165, 1.54) is 32.0 Å². The van der Waals surface area contributed by atoms with Crippen LogP contribution < -0.4 is 9.80 Å². The summed E-state index contributed by atoms with van der Waals surface area (Å²) in [6.07, 6.45) is -8.55. The molecule has 0 bridgehead atoms. The summed E-state index contributed by atoms with van der Waals surface area (Å²) in [5.74, 6) is -0.0527. The number of pyridine rings is 1. The van der Waals surface area contributed by atoms with E-state index in [0.717, 1.165) is 30.8 Å². The van der Waals surface area contributed by atoms with Crippen molar-refractivity contribution in [2.75, 3.05) is 63.3 Å². The number of hydrogen-bond donors (Lipinski definition) is 0. The van der Waals surface area contributed by atoms with Gasteiger partial charge in [-0.1, -0.05) is 24.3 Å². The van der Waals surface area contributed by atoms with Crippen molar-refractivity contribution < 1.29 is 35.9 Å². The Morgan fingerprint density at radius 1 is 0.886 bits per heavy atom. The van der Waals surface area contributed by atoms with Gasteiger partial charge in [0.2, 0.25) is 5.91 Å². The predicted octanol–water partition coefficient (Wildman–Crippen LogP) is 6.80. The quantitative estimate of drug-likeness (QED) is 0.259. The first-order valence-corrected chi connectivity index (χ1v) is 14.2. The van der Waals surface area contributed by atoms with Gasteiger partial charge in [0.05, 0.1) is 41.6 Å². The van der Waals surface area contributed by atoms with E-state index in [4.69, 9.17) is 4.74 Å². The van der Waals surface area contributed by atoms with E-state index < -0.39 is 40.4 Å². The zero-order valence-corrected chi connectivity index (χ0v) is 25.3. The molecular formula is C32H36F6N4O2. The van der Waals surface area contributed by atoms with Gasteiger partial charge in [-0.15, -0.1) is 0 Å². The monoisotopic (exact) mass is 622 g/mol. The average molecular weight is 623 g/mol. The summed E-state index contributed by atoms with van der Waals surface area (Å²) < 4.78 is 87.1. The smallest absolute Gasteiger partial charge is 0.379 e. The van der Waals surface area contributed by atoms with Crippen molar-refractivity contribution in [2.45, 2.75) is 38.5 Å². The number of ether oxygens (including phenoxy) is 1. The van der Waals surface area contributed by atoms with Crippen molar-refractivity contribution in [1.82, 2.24) is 9.88 Å². The van der Waals surface area contributed by atoms with E-state index in [2.05, 4.69) is 9.88 Å². The van der Waals surface area contributed by atoms with E-state index in [9.17, 15) is 31.1 Å². The molecule has 2 aromatic carbocycles. The predicted molar refractivity (Wildman–Crippen MR) is 158 cm³/mol. The second-order valence-electron chi connectivity index (χ2n) is 11.5. The molecule has 4 rings (SSSR count). The summed E-state index contributed by atoms with van der Waals surface area (Å²) in [7, 11) is 3.36. The van der Waals surface area contributed by atoms with Crippen LogP contribution in [-0.2, 0) is 27.3 Å². The van der Waals surface area contributed by atoms with Crippen LogP contribution in [0.25, 0.3) is 11.1 Å². The van der Waals surface area contributed by atoms with Crippen molar-refractivity contribution in [1.29, 1.82) is 0 Å². The molecular weight excluding hydrogens is 586 g/mol. The normalized spacial score (nSPS) is 14.9. The summed E-state index contributed by atoms with van der Waals surface area (Å²) in [5, 5.41) is 0. The molecule has 44 heavy (non-hydrogen) atoms. The fraction of sp³-hybridized carbons (Fsp3) is 0.438. The number of halogens is 6. The number of likely N-dealkylation sites (N-methyl/N-ethyl adjacent to an activating group) is 2. The number of alkyl halides is 6. The summed E-state index contributed by atoms with van der Waals surface area (Å²) in [6.45, 7) is 9.07. The third-order valence-electron chi connectivity index (χ3n) is 8.06. The molecule has 0 atom stereocenters. The third kappa shape index (κ3) is 7.35. The van der Waals surface area contributed by atoms with Crippen molar-refractivity contribution in [2.24, 2.45) is 0 Å². The van der Waals surface area contributed by atoms with Gasteiger partial charge < -0.3 is 14.5 Å². The summed E-state index contributed by atoms with van der Waals surface area (Å²) in [4.78, 5) is 24.1. The average Bonchev–Trinajstić information content (AvgIpc) is 2.98. The Bertz CT molecular complexity index is 1450. The van der Waals surface area contributed by atoms with Crippen LogP contribution in [-0.4, -0.2) is 69.3 Å². The zero-order valence-electron chi connectivity index (χ0n) is 25.3. The van der Waals surface area contributed by atoms with Gasteiger partial charge >= 0.3 is 12.4 Å². The molecule has 12 heteroatoms. The highest BCUT2D eigenvalue weighted by molar-refractivity contribution is 6.03. The zero-order chi connectivity index (χ0) is 32.4. The lowest BCUT2D eigenvalue weighted by Crippen LogP contribution is -2.42. The number of rotatable bonds is 8. The highest BCUT2D eigenvalue weighted by atomic mass is 19.4. The number of aromatic nitrogens is 1. The second kappa shape index (κ2) is 12.8. The summed E-state index contributed by atoms with van der Waals surface area (Å²) in [5.41, 5.74) is -2.37. The van der Waals surface area contributed by atoms with Crippen LogP contribution in [0.3, 0.4) is 0 Å². The lowest BCUT2D eigenvalue weighted by molar-refractivity contribution is -0.143. The number of carbonyl (C=O) groups is 1. The SMILES string of the molecule is Cc1ccccc1-c1cc(N(C)CCN2CCOCC2)ncc1N(C)C(=O)C(C)(C)c1cc(C(F)(F)F)cc(C(F)(F)F)c1. The number of benzene rings is 2. The summed E-state index contributed by atoms with van der Waals surface area (Å²) >= 11 is 0. The second-order valence-corrected chi connectivity index (χ2v) is 11.5. The fourth-order valence-electron chi connectivity index (χ4n) is 5.20. The molecule has 0 spiro atoms. The highest BCUT2D eigenvalue weighted by Gasteiger charge is 2.41. The van der Waals surface area contributed by atoms with Crippen LogP contribution in [0.1, 0.15) is 36.1 Å². The van der Waals surface area contributed by atoms with Crippen molar-refractivity contribution in [3.05, 3.63) is 77.0 Å². The lowest BCUT2D eigenvalue weighted by atomic mass is 9.81. The molecule has 3 aromatic rings. The molecule has 0 N–H and O–H groups in total. The minimum Gasteiger partial charge on any atom is -0.379 e. The fourth-order valence-corrected chi connectivity index (χ4v) is 5.20. The maximum Gasteiger partial charge on any atom is 0.416 e. The molecule has 1 fully saturated rings. The molecule has 2 heterocycles. The number of hydrogen-bond acceptors (Lipinski definition) is 5. The molecule has 238 valence electrons. The van der Waals surface area contributed by atoms with E-state index in [1.807, 2.05) is 49.2 Å². The Morgan fingerprint density at radius 2 is 1.45 bits per heavy atom. The van der Waals surface area contributed by atoms with Gasteiger partial charge in [0.1, 0.15) is 5.82 Å². The van der Waals surface area contributed by atoms with E-state index in [-0.39, 0.29) is 6.07 Å². The first-order valence-electron chi connectivity index (χ1n) is 14.2. The molecule has 1 saturated heterocycles. The standard InChI is InChI=1S/C32H36F6N4O2/c1-21-8-6-7-9-25(21)26-19-28(40(4)10-11-42-12-14-44-15-13-42)39-20-27(26)41(5)29(43)30(2,3)22-16-23(31(33,34)35)18-24(17-22)32(36,37)38/h6-9,16-20H,10-15H2,1-5H3. The molecule has 0 saturated carbocycles. The number of carbonyl (C=O) groups excluding carboxylic acids is 1. The highest BCUT2D eigenvalue weighted by Crippen LogP contribution is 2.41. The van der Waals surface area contributed by atoms with Crippen molar-refractivity contribution in [3.63, 3.8) is 0 Å². The molecule has 0 unspecified atom stereocenters. The van der Waals surface area contributed by atoms with Crippen LogP contribution in [0.5, 0.6) is 0 Å². The van der Waals surface area contributed by atoms with Crippen LogP contribution in [0.15, 0.2) is 54.7 Å². The van der Waals surface area contributed by atoms with E-state index in [1.54, 1.807) is 0 Å². The van der Waals surface area contributed by atoms with E-state index in [0.29, 0.717) is 49.0 Å². The first-order chi connectivity index (χ1) is 20.5. The topological polar surface area (TPSA) is 48.9 Å². The maximum absolute atomic E-state index is 14.0. The van der Waals surface area contributed by atoms with Gasteiger partial charge in [-0.05, 0) is 61.7 Å². The Labute approximate surface area is 253 Å². The van der Waals surface area contributed by atoms with Crippen LogP contribution in [0, 0.1) is 6.92 Å². The minimum atomic E-state index is -5.04. The maximum atomic E-state index is 14.0. The lowest BCUT2D eigenvalue weighted by Gasteiger charge is -2.32. The van der Waals surface area contributed by atoms with Crippen LogP contribution >= 0.6 is 0 Å². The van der Waals surface area contributed by atoms with Gasteiger partial charge in [0.15, 0.2) is 0 Å². The number of amides is 1. The number of morpholine rings is 1. The molecule has 1 amide bonds. The van der Waals surface area contributed by atoms with Crippen molar-refractivity contribution >= 4 is 17.4 Å². The molecule has 1 aliphatic rings. The van der Waals surface area contributed by atoms with Gasteiger partial charge in [-0.3, -0.25) is 9.69 Å². The third-order valence-corrected chi connectivity index (χ3v) is 8.06. The van der Waals surface area contributed by atoms with Crippen molar-refractivity contribution in [3.8, 4) is 11.1 Å². The molecule has 0 radical (unpaired) electrons. The van der Waals surface area contributed by atoms with Gasteiger partial charge in [0, 0.05) is 45.8 Å². The Hall–Kier alpha value is -3.64. The van der Waals surface area contributed by atoms with Crippen LogP contribution in [0.4, 0.5) is 37.8 Å². The van der Waals surface area contributed by atoms with E-state index >= 15 is 0 Å². The Morgan fingerprint density at radius 3 is 2.02 bits per heavy atom. The first kappa shape index (κ1) is 33.3.